The third-order valence-corrected chi connectivity index (χ3v) is 3.91. The molecule has 7 heteroatoms. The summed E-state index contributed by atoms with van der Waals surface area (Å²) < 4.78 is 4.92. The van der Waals surface area contributed by atoms with Gasteiger partial charge in [0.1, 0.15) is 17.5 Å². The van der Waals surface area contributed by atoms with Crippen molar-refractivity contribution in [2.75, 3.05) is 6.54 Å². The summed E-state index contributed by atoms with van der Waals surface area (Å²) in [5.41, 5.74) is 0.649. The standard InChI is InChI=1S/C15H24N4O3/c1-10-6-4-5-7-19(10)14(20)12(3)17-15(21)16-9-13-8-11(2)22-18-13/h8,10,12H,4-7,9H2,1-3H3,(H2,16,17,21)/t10-,12+/m1/s1. The van der Waals surface area contributed by atoms with Gasteiger partial charge in [-0.1, -0.05) is 5.16 Å². The molecule has 0 aliphatic carbocycles. The van der Waals surface area contributed by atoms with Crippen LogP contribution in [0.3, 0.4) is 0 Å². The summed E-state index contributed by atoms with van der Waals surface area (Å²) in [7, 11) is 0. The maximum absolute atomic E-state index is 12.4. The molecule has 2 rings (SSSR count). The Hall–Kier alpha value is -2.05. The molecule has 3 amide bonds. The van der Waals surface area contributed by atoms with Gasteiger partial charge in [0.25, 0.3) is 0 Å². The molecule has 0 spiro atoms. The van der Waals surface area contributed by atoms with E-state index in [0.717, 1.165) is 25.8 Å². The van der Waals surface area contributed by atoms with Gasteiger partial charge in [0.15, 0.2) is 0 Å². The van der Waals surface area contributed by atoms with Gasteiger partial charge in [0.2, 0.25) is 5.91 Å². The molecule has 122 valence electrons. The molecule has 2 atom stereocenters. The van der Waals surface area contributed by atoms with Crippen molar-refractivity contribution in [3.8, 4) is 0 Å². The summed E-state index contributed by atoms with van der Waals surface area (Å²) >= 11 is 0. The van der Waals surface area contributed by atoms with Gasteiger partial charge in [0.05, 0.1) is 6.54 Å². The van der Waals surface area contributed by atoms with E-state index in [1.165, 1.54) is 0 Å². The SMILES string of the molecule is Cc1cc(CNC(=O)N[C@@H](C)C(=O)N2CCCC[C@H]2C)no1. The Morgan fingerprint density at radius 1 is 1.50 bits per heavy atom. The molecule has 1 aromatic rings. The van der Waals surface area contributed by atoms with Gasteiger partial charge < -0.3 is 20.1 Å². The lowest BCUT2D eigenvalue weighted by molar-refractivity contribution is -0.136. The number of aryl methyl sites for hydroxylation is 1. The van der Waals surface area contributed by atoms with Crippen LogP contribution < -0.4 is 10.6 Å². The number of carbonyl (C=O) groups excluding carboxylic acids is 2. The topological polar surface area (TPSA) is 87.5 Å². The van der Waals surface area contributed by atoms with Crippen molar-refractivity contribution in [2.24, 2.45) is 0 Å². The van der Waals surface area contributed by atoms with E-state index in [-0.39, 0.29) is 24.5 Å². The first-order chi connectivity index (χ1) is 10.5. The van der Waals surface area contributed by atoms with Gasteiger partial charge in [-0.25, -0.2) is 4.79 Å². The molecule has 2 heterocycles. The zero-order chi connectivity index (χ0) is 16.1. The maximum Gasteiger partial charge on any atom is 0.315 e. The van der Waals surface area contributed by atoms with Gasteiger partial charge >= 0.3 is 6.03 Å². The Kier molecular flexibility index (Phi) is 5.41. The second-order valence-electron chi connectivity index (χ2n) is 5.85. The highest BCUT2D eigenvalue weighted by molar-refractivity contribution is 5.86. The van der Waals surface area contributed by atoms with Crippen molar-refractivity contribution in [1.82, 2.24) is 20.7 Å². The quantitative estimate of drug-likeness (QED) is 0.884. The first-order valence-electron chi connectivity index (χ1n) is 7.74. The Morgan fingerprint density at radius 3 is 2.91 bits per heavy atom. The van der Waals surface area contributed by atoms with Crippen LogP contribution in [0.15, 0.2) is 10.6 Å². The van der Waals surface area contributed by atoms with Crippen molar-refractivity contribution in [1.29, 1.82) is 0 Å². The fourth-order valence-corrected chi connectivity index (χ4v) is 2.66. The van der Waals surface area contributed by atoms with E-state index >= 15 is 0 Å². The molecule has 1 aliphatic heterocycles. The van der Waals surface area contributed by atoms with Crippen LogP contribution in [0, 0.1) is 6.92 Å². The molecule has 0 aromatic carbocycles. The number of hydrogen-bond acceptors (Lipinski definition) is 4. The van der Waals surface area contributed by atoms with Crippen molar-refractivity contribution < 1.29 is 14.1 Å². The lowest BCUT2D eigenvalue weighted by Gasteiger charge is -2.35. The second-order valence-corrected chi connectivity index (χ2v) is 5.85. The molecule has 7 nitrogen and oxygen atoms in total. The summed E-state index contributed by atoms with van der Waals surface area (Å²) in [4.78, 5) is 26.1. The Labute approximate surface area is 130 Å². The number of piperidine rings is 1. The molecule has 0 radical (unpaired) electrons. The summed E-state index contributed by atoms with van der Waals surface area (Å²) in [5.74, 6) is 0.666. The largest absolute Gasteiger partial charge is 0.361 e. The molecule has 1 saturated heterocycles. The van der Waals surface area contributed by atoms with Crippen molar-refractivity contribution >= 4 is 11.9 Å². The van der Waals surface area contributed by atoms with Crippen LogP contribution in [0.2, 0.25) is 0 Å². The minimum atomic E-state index is -0.542. The Bertz CT molecular complexity index is 529. The Morgan fingerprint density at radius 2 is 2.27 bits per heavy atom. The first-order valence-corrected chi connectivity index (χ1v) is 7.74. The molecule has 22 heavy (non-hydrogen) atoms. The van der Waals surface area contributed by atoms with Crippen LogP contribution in [0.25, 0.3) is 0 Å². The van der Waals surface area contributed by atoms with Crippen LogP contribution in [0.4, 0.5) is 4.79 Å². The van der Waals surface area contributed by atoms with Gasteiger partial charge in [-0.2, -0.15) is 0 Å². The molecular weight excluding hydrogens is 284 g/mol. The molecule has 1 fully saturated rings. The summed E-state index contributed by atoms with van der Waals surface area (Å²) in [6.07, 6.45) is 3.21. The number of amides is 3. The lowest BCUT2D eigenvalue weighted by Crippen LogP contribution is -2.53. The fraction of sp³-hybridized carbons (Fsp3) is 0.667. The van der Waals surface area contributed by atoms with Gasteiger partial charge in [-0.05, 0) is 40.0 Å². The van der Waals surface area contributed by atoms with E-state index in [1.54, 1.807) is 19.9 Å². The molecule has 0 saturated carbocycles. The number of urea groups is 1. The predicted octanol–water partition coefficient (Wildman–Crippen LogP) is 1.57. The number of hydrogen-bond donors (Lipinski definition) is 2. The van der Waals surface area contributed by atoms with E-state index in [4.69, 9.17) is 4.52 Å². The van der Waals surface area contributed by atoms with Crippen molar-refractivity contribution in [2.45, 2.75) is 58.7 Å². The number of likely N-dealkylation sites (tertiary alicyclic amines) is 1. The molecule has 1 aliphatic rings. The van der Waals surface area contributed by atoms with Crippen LogP contribution in [0.1, 0.15) is 44.6 Å². The third-order valence-electron chi connectivity index (χ3n) is 3.91. The average Bonchev–Trinajstić information content (AvgIpc) is 2.90. The minimum Gasteiger partial charge on any atom is -0.361 e. The predicted molar refractivity (Wildman–Crippen MR) is 81.1 cm³/mol. The molecule has 0 unspecified atom stereocenters. The molecule has 1 aromatic heterocycles. The number of rotatable bonds is 4. The highest BCUT2D eigenvalue weighted by Gasteiger charge is 2.27. The first kappa shape index (κ1) is 16.3. The number of carbonyl (C=O) groups is 2. The van der Waals surface area contributed by atoms with Crippen LogP contribution in [-0.2, 0) is 11.3 Å². The Balaban J connectivity index is 1.78. The smallest absolute Gasteiger partial charge is 0.315 e. The summed E-state index contributed by atoms with van der Waals surface area (Å²) in [6, 6.07) is 1.07. The normalized spacial score (nSPS) is 19.6. The van der Waals surface area contributed by atoms with Crippen molar-refractivity contribution in [3.63, 3.8) is 0 Å². The lowest BCUT2D eigenvalue weighted by atomic mass is 10.0. The van der Waals surface area contributed by atoms with E-state index in [1.807, 2.05) is 4.90 Å². The minimum absolute atomic E-state index is 0.0281. The van der Waals surface area contributed by atoms with Crippen LogP contribution in [-0.4, -0.2) is 40.6 Å². The van der Waals surface area contributed by atoms with Crippen molar-refractivity contribution in [3.05, 3.63) is 17.5 Å². The highest BCUT2D eigenvalue weighted by atomic mass is 16.5. The number of aromatic nitrogens is 1. The number of nitrogens with one attached hydrogen (secondary N) is 2. The van der Waals surface area contributed by atoms with E-state index < -0.39 is 6.04 Å². The monoisotopic (exact) mass is 308 g/mol. The van der Waals surface area contributed by atoms with Crippen LogP contribution >= 0.6 is 0 Å². The van der Waals surface area contributed by atoms with E-state index in [0.29, 0.717) is 11.5 Å². The average molecular weight is 308 g/mol. The van der Waals surface area contributed by atoms with E-state index in [2.05, 4.69) is 22.7 Å². The third kappa shape index (κ3) is 4.22. The van der Waals surface area contributed by atoms with E-state index in [9.17, 15) is 9.59 Å². The number of nitrogens with zero attached hydrogens (tertiary/aromatic N) is 2. The zero-order valence-corrected chi connectivity index (χ0v) is 13.4. The second kappa shape index (κ2) is 7.29. The summed E-state index contributed by atoms with van der Waals surface area (Å²) in [5, 5.41) is 9.14. The fourth-order valence-electron chi connectivity index (χ4n) is 2.66. The zero-order valence-electron chi connectivity index (χ0n) is 13.4. The van der Waals surface area contributed by atoms with Gasteiger partial charge in [-0.3, -0.25) is 4.79 Å². The summed E-state index contributed by atoms with van der Waals surface area (Å²) in [6.45, 7) is 6.59. The van der Waals surface area contributed by atoms with Crippen LogP contribution in [0.5, 0.6) is 0 Å². The maximum atomic E-state index is 12.4. The molecule has 2 N–H and O–H groups in total. The van der Waals surface area contributed by atoms with Gasteiger partial charge in [-0.15, -0.1) is 0 Å². The van der Waals surface area contributed by atoms with Gasteiger partial charge in [0, 0.05) is 18.7 Å². The molecule has 0 bridgehead atoms. The molecular formula is C15H24N4O3. The highest BCUT2D eigenvalue weighted by Crippen LogP contribution is 2.17.